The molecule has 0 spiro atoms. The lowest BCUT2D eigenvalue weighted by atomic mass is 10.2. The fourth-order valence-corrected chi connectivity index (χ4v) is 1.67. The number of amides is 1. The summed E-state index contributed by atoms with van der Waals surface area (Å²) in [5.74, 6) is -1.62. The Hall–Kier alpha value is -2.47. The van der Waals surface area contributed by atoms with Crippen LogP contribution in [-0.2, 0) is 9.53 Å². The number of pyridine rings is 1. The van der Waals surface area contributed by atoms with Crippen molar-refractivity contribution in [3.63, 3.8) is 0 Å². The van der Waals surface area contributed by atoms with Crippen LogP contribution >= 0.6 is 11.6 Å². The Balaban J connectivity index is 1.94. The molecule has 1 N–H and O–H groups in total. The summed E-state index contributed by atoms with van der Waals surface area (Å²) < 4.78 is 17.8. The predicted molar refractivity (Wildman–Crippen MR) is 79.2 cm³/mol. The first-order valence-corrected chi connectivity index (χ1v) is 6.72. The van der Waals surface area contributed by atoms with Gasteiger partial charge in [0.15, 0.2) is 6.10 Å². The van der Waals surface area contributed by atoms with E-state index < -0.39 is 23.8 Å². The molecule has 0 fully saturated rings. The lowest BCUT2D eigenvalue weighted by Crippen LogP contribution is -2.30. The number of aromatic nitrogens is 1. The molecule has 0 radical (unpaired) electrons. The van der Waals surface area contributed by atoms with E-state index in [1.165, 1.54) is 49.5 Å². The molecule has 0 saturated carbocycles. The third-order valence-corrected chi connectivity index (χ3v) is 2.95. The van der Waals surface area contributed by atoms with Crippen LogP contribution in [0.25, 0.3) is 0 Å². The highest BCUT2D eigenvalue weighted by Gasteiger charge is 2.19. The van der Waals surface area contributed by atoms with E-state index in [0.717, 1.165) is 0 Å². The highest BCUT2D eigenvalue weighted by atomic mass is 35.5. The van der Waals surface area contributed by atoms with Gasteiger partial charge in [-0.1, -0.05) is 11.6 Å². The number of rotatable bonds is 4. The van der Waals surface area contributed by atoms with Crippen LogP contribution in [0.4, 0.5) is 10.1 Å². The number of nitrogens with one attached hydrogen (secondary N) is 1. The van der Waals surface area contributed by atoms with Gasteiger partial charge in [0.25, 0.3) is 5.91 Å². The maximum Gasteiger partial charge on any atom is 0.340 e. The van der Waals surface area contributed by atoms with Crippen LogP contribution in [0, 0.1) is 5.82 Å². The van der Waals surface area contributed by atoms with Crippen molar-refractivity contribution in [2.75, 3.05) is 5.32 Å². The van der Waals surface area contributed by atoms with Gasteiger partial charge in [0.2, 0.25) is 0 Å². The molecule has 1 atom stereocenters. The number of hydrogen-bond donors (Lipinski definition) is 1. The molecule has 1 aromatic carbocycles. The normalized spacial score (nSPS) is 11.6. The first kappa shape index (κ1) is 15.9. The van der Waals surface area contributed by atoms with Crippen LogP contribution in [0.3, 0.4) is 0 Å². The maximum absolute atomic E-state index is 12.8. The number of esters is 1. The van der Waals surface area contributed by atoms with Gasteiger partial charge >= 0.3 is 5.97 Å². The number of ether oxygens (including phenoxy) is 1. The highest BCUT2D eigenvalue weighted by Crippen LogP contribution is 2.11. The smallest absolute Gasteiger partial charge is 0.340 e. The van der Waals surface area contributed by atoms with Gasteiger partial charge in [0, 0.05) is 11.9 Å². The van der Waals surface area contributed by atoms with Crippen molar-refractivity contribution in [3.8, 4) is 0 Å². The van der Waals surface area contributed by atoms with Crippen molar-refractivity contribution in [1.82, 2.24) is 4.98 Å². The second kappa shape index (κ2) is 7.00. The first-order chi connectivity index (χ1) is 10.5. The molecular formula is C15H12ClFN2O3. The molecule has 5 nitrogen and oxygen atoms in total. The van der Waals surface area contributed by atoms with Gasteiger partial charge in [-0.25, -0.2) is 14.2 Å². The lowest BCUT2D eigenvalue weighted by Gasteiger charge is -2.13. The summed E-state index contributed by atoms with van der Waals surface area (Å²) in [7, 11) is 0. The fourth-order valence-electron chi connectivity index (χ4n) is 1.56. The van der Waals surface area contributed by atoms with Crippen molar-refractivity contribution in [2.45, 2.75) is 13.0 Å². The summed E-state index contributed by atoms with van der Waals surface area (Å²) in [5, 5.41) is 2.76. The summed E-state index contributed by atoms with van der Waals surface area (Å²) in [6.07, 6.45) is 0.239. The SMILES string of the molecule is C[C@H](OC(=O)c1ccc(Cl)nc1)C(=O)Nc1ccc(F)cc1. The number of halogens is 2. The van der Waals surface area contributed by atoms with Gasteiger partial charge in [-0.05, 0) is 43.3 Å². The van der Waals surface area contributed by atoms with Crippen molar-refractivity contribution < 1.29 is 18.7 Å². The first-order valence-electron chi connectivity index (χ1n) is 6.34. The molecule has 1 heterocycles. The molecule has 2 aromatic rings. The van der Waals surface area contributed by atoms with Crippen molar-refractivity contribution >= 4 is 29.2 Å². The van der Waals surface area contributed by atoms with Crippen LogP contribution in [0.5, 0.6) is 0 Å². The third-order valence-electron chi connectivity index (χ3n) is 2.73. The minimum atomic E-state index is -1.02. The molecule has 1 aromatic heterocycles. The minimum Gasteiger partial charge on any atom is -0.449 e. The highest BCUT2D eigenvalue weighted by molar-refractivity contribution is 6.29. The molecule has 2 rings (SSSR count). The molecule has 1 amide bonds. The average Bonchev–Trinajstić information content (AvgIpc) is 2.50. The quantitative estimate of drug-likeness (QED) is 0.694. The van der Waals surface area contributed by atoms with E-state index in [0.29, 0.717) is 5.69 Å². The molecule has 22 heavy (non-hydrogen) atoms. The van der Waals surface area contributed by atoms with Gasteiger partial charge in [-0.3, -0.25) is 4.79 Å². The number of hydrogen-bond acceptors (Lipinski definition) is 4. The molecule has 114 valence electrons. The van der Waals surface area contributed by atoms with Crippen LogP contribution < -0.4 is 5.32 Å². The number of carbonyl (C=O) groups excluding carboxylic acids is 2. The number of nitrogens with zero attached hydrogens (tertiary/aromatic N) is 1. The number of anilines is 1. The Bertz CT molecular complexity index is 674. The van der Waals surface area contributed by atoms with Crippen molar-refractivity contribution in [2.24, 2.45) is 0 Å². The molecular weight excluding hydrogens is 311 g/mol. The molecule has 0 aliphatic heterocycles. The van der Waals surface area contributed by atoms with Gasteiger partial charge in [0.1, 0.15) is 11.0 Å². The van der Waals surface area contributed by atoms with Gasteiger partial charge in [-0.15, -0.1) is 0 Å². The second-order valence-electron chi connectivity index (χ2n) is 4.41. The lowest BCUT2D eigenvalue weighted by molar-refractivity contribution is -0.123. The standard InChI is InChI=1S/C15H12ClFN2O3/c1-9(14(20)19-12-5-3-11(17)4-6-12)22-15(21)10-2-7-13(16)18-8-10/h2-9H,1H3,(H,19,20)/t9-/m0/s1. The van der Waals surface area contributed by atoms with E-state index in [9.17, 15) is 14.0 Å². The molecule has 0 aliphatic rings. The van der Waals surface area contributed by atoms with Crippen LogP contribution in [-0.4, -0.2) is 23.0 Å². The van der Waals surface area contributed by atoms with Gasteiger partial charge in [-0.2, -0.15) is 0 Å². The maximum atomic E-state index is 12.8. The molecule has 0 bridgehead atoms. The van der Waals surface area contributed by atoms with E-state index in [1.807, 2.05) is 0 Å². The zero-order chi connectivity index (χ0) is 16.1. The Morgan fingerprint density at radius 2 is 1.91 bits per heavy atom. The number of carbonyl (C=O) groups is 2. The fraction of sp³-hybridized carbons (Fsp3) is 0.133. The van der Waals surface area contributed by atoms with E-state index in [2.05, 4.69) is 10.3 Å². The predicted octanol–water partition coefficient (Wildman–Crippen LogP) is 3.06. The minimum absolute atomic E-state index is 0.186. The van der Waals surface area contributed by atoms with Gasteiger partial charge in [0.05, 0.1) is 5.56 Å². The van der Waals surface area contributed by atoms with Crippen molar-refractivity contribution in [1.29, 1.82) is 0 Å². The van der Waals surface area contributed by atoms with Crippen LogP contribution in [0.2, 0.25) is 5.15 Å². The zero-order valence-electron chi connectivity index (χ0n) is 11.5. The van der Waals surface area contributed by atoms with Crippen molar-refractivity contribution in [3.05, 3.63) is 59.1 Å². The monoisotopic (exact) mass is 322 g/mol. The summed E-state index contributed by atoms with van der Waals surface area (Å²) in [6, 6.07) is 8.14. The second-order valence-corrected chi connectivity index (χ2v) is 4.80. The number of benzene rings is 1. The Morgan fingerprint density at radius 1 is 1.23 bits per heavy atom. The summed E-state index contributed by atoms with van der Waals surface area (Å²) >= 11 is 5.62. The van der Waals surface area contributed by atoms with Crippen LogP contribution in [0.1, 0.15) is 17.3 Å². The molecule has 0 unspecified atom stereocenters. The Kier molecular flexibility index (Phi) is 5.06. The summed E-state index contributed by atoms with van der Waals surface area (Å²) in [4.78, 5) is 27.5. The molecule has 7 heteroatoms. The van der Waals surface area contributed by atoms with E-state index in [-0.39, 0.29) is 10.7 Å². The topological polar surface area (TPSA) is 68.3 Å². The largest absolute Gasteiger partial charge is 0.449 e. The van der Waals surface area contributed by atoms with E-state index in [4.69, 9.17) is 16.3 Å². The third kappa shape index (κ3) is 4.26. The van der Waals surface area contributed by atoms with Gasteiger partial charge < -0.3 is 10.1 Å². The van der Waals surface area contributed by atoms with E-state index in [1.54, 1.807) is 0 Å². The Morgan fingerprint density at radius 3 is 2.50 bits per heavy atom. The summed E-state index contributed by atoms with van der Waals surface area (Å²) in [6.45, 7) is 1.43. The summed E-state index contributed by atoms with van der Waals surface area (Å²) in [5.41, 5.74) is 0.591. The zero-order valence-corrected chi connectivity index (χ0v) is 12.3. The van der Waals surface area contributed by atoms with Crippen LogP contribution in [0.15, 0.2) is 42.6 Å². The average molecular weight is 323 g/mol. The molecule has 0 aliphatic carbocycles. The molecule has 0 saturated heterocycles. The van der Waals surface area contributed by atoms with E-state index >= 15 is 0 Å². The Labute approximate surface area is 131 Å².